The number of benzene rings is 2. The van der Waals surface area contributed by atoms with Crippen LogP contribution in [0.3, 0.4) is 0 Å². The van der Waals surface area contributed by atoms with Crippen molar-refractivity contribution in [2.24, 2.45) is 0 Å². The number of anilines is 1. The van der Waals surface area contributed by atoms with Gasteiger partial charge in [0.05, 0.1) is 13.1 Å². The summed E-state index contributed by atoms with van der Waals surface area (Å²) >= 11 is 0. The quantitative estimate of drug-likeness (QED) is 0.541. The molecule has 0 aliphatic carbocycles. The Labute approximate surface area is 183 Å². The van der Waals surface area contributed by atoms with E-state index in [1.165, 1.54) is 10.6 Å². The first-order chi connectivity index (χ1) is 15.2. The molecule has 168 valence electrons. The number of nitrogen functional groups attached to an aromatic ring is 1. The molecule has 9 heteroatoms. The van der Waals surface area contributed by atoms with Crippen LogP contribution in [0, 0.1) is 11.6 Å². The maximum Gasteiger partial charge on any atom is 0.332 e. The highest BCUT2D eigenvalue weighted by molar-refractivity contribution is 6.01. The molecule has 1 heterocycles. The maximum atomic E-state index is 13.5. The van der Waals surface area contributed by atoms with Crippen LogP contribution in [0.15, 0.2) is 58.1 Å². The van der Waals surface area contributed by atoms with E-state index in [-0.39, 0.29) is 37.6 Å². The van der Waals surface area contributed by atoms with Crippen molar-refractivity contribution < 1.29 is 13.6 Å². The first kappa shape index (κ1) is 23.1. The zero-order valence-corrected chi connectivity index (χ0v) is 17.8. The van der Waals surface area contributed by atoms with Gasteiger partial charge in [-0.2, -0.15) is 0 Å². The average Bonchev–Trinajstić information content (AvgIpc) is 2.75. The number of ketones is 1. The number of halogens is 2. The number of rotatable bonds is 8. The largest absolute Gasteiger partial charge is 0.384 e. The minimum atomic E-state index is -0.981. The van der Waals surface area contributed by atoms with Gasteiger partial charge in [-0.1, -0.05) is 36.4 Å². The summed E-state index contributed by atoms with van der Waals surface area (Å²) in [5.74, 6) is -2.70. The molecule has 0 aliphatic heterocycles. The van der Waals surface area contributed by atoms with Gasteiger partial charge in [0.1, 0.15) is 11.4 Å². The van der Waals surface area contributed by atoms with E-state index in [1.807, 2.05) is 30.3 Å². The van der Waals surface area contributed by atoms with Gasteiger partial charge >= 0.3 is 5.69 Å². The molecule has 2 N–H and O–H groups in total. The van der Waals surface area contributed by atoms with Crippen molar-refractivity contribution >= 4 is 11.6 Å². The van der Waals surface area contributed by atoms with Gasteiger partial charge < -0.3 is 5.73 Å². The fraction of sp³-hybridized carbons (Fsp3) is 0.261. The highest BCUT2D eigenvalue weighted by Gasteiger charge is 2.23. The van der Waals surface area contributed by atoms with Gasteiger partial charge in [-0.3, -0.25) is 23.6 Å². The Balaban J connectivity index is 1.92. The zero-order valence-electron chi connectivity index (χ0n) is 17.8. The molecule has 0 radical (unpaired) electrons. The van der Waals surface area contributed by atoms with Crippen LogP contribution in [0.25, 0.3) is 0 Å². The second kappa shape index (κ2) is 9.69. The second-order valence-electron chi connectivity index (χ2n) is 7.51. The summed E-state index contributed by atoms with van der Waals surface area (Å²) in [6.07, 6.45) is 0. The van der Waals surface area contributed by atoms with Crippen LogP contribution < -0.4 is 17.0 Å². The topological polar surface area (TPSA) is 90.3 Å². The fourth-order valence-electron chi connectivity index (χ4n) is 3.50. The lowest BCUT2D eigenvalue weighted by Crippen LogP contribution is -2.45. The Morgan fingerprint density at radius 3 is 2.31 bits per heavy atom. The monoisotopic (exact) mass is 442 g/mol. The van der Waals surface area contributed by atoms with Gasteiger partial charge in [0.2, 0.25) is 0 Å². The van der Waals surface area contributed by atoms with Gasteiger partial charge in [-0.25, -0.2) is 13.6 Å². The first-order valence-electron chi connectivity index (χ1n) is 10.1. The van der Waals surface area contributed by atoms with Crippen LogP contribution in [-0.2, 0) is 19.6 Å². The van der Waals surface area contributed by atoms with Gasteiger partial charge in [0, 0.05) is 13.1 Å². The summed E-state index contributed by atoms with van der Waals surface area (Å²) in [7, 11) is 1.60. The molecule has 0 unspecified atom stereocenters. The lowest BCUT2D eigenvalue weighted by Gasteiger charge is -2.19. The molecule has 0 saturated heterocycles. The minimum absolute atomic E-state index is 0.0811. The molecule has 3 aromatic rings. The van der Waals surface area contributed by atoms with Crippen molar-refractivity contribution in [2.75, 3.05) is 19.3 Å². The number of aromatic nitrogens is 2. The van der Waals surface area contributed by atoms with Crippen molar-refractivity contribution in [1.29, 1.82) is 0 Å². The maximum absolute atomic E-state index is 13.5. The number of carbonyl (C=O) groups excluding carboxylic acids is 1. The summed E-state index contributed by atoms with van der Waals surface area (Å²) in [6.45, 7) is 1.77. The molecule has 0 fully saturated rings. The average molecular weight is 442 g/mol. The van der Waals surface area contributed by atoms with E-state index in [0.717, 1.165) is 22.3 Å². The molecule has 2 aromatic carbocycles. The van der Waals surface area contributed by atoms with Gasteiger partial charge in [0.15, 0.2) is 17.4 Å². The van der Waals surface area contributed by atoms with Crippen LogP contribution in [0.1, 0.15) is 28.4 Å². The third-order valence-corrected chi connectivity index (χ3v) is 5.10. The van der Waals surface area contributed by atoms with E-state index in [9.17, 15) is 23.2 Å². The van der Waals surface area contributed by atoms with Crippen molar-refractivity contribution in [3.05, 3.63) is 97.7 Å². The smallest absolute Gasteiger partial charge is 0.332 e. The second-order valence-corrected chi connectivity index (χ2v) is 7.51. The lowest BCUT2D eigenvalue weighted by atomic mass is 10.1. The molecule has 0 bridgehead atoms. The molecule has 7 nitrogen and oxygen atoms in total. The lowest BCUT2D eigenvalue weighted by molar-refractivity contribution is 0.0941. The third-order valence-electron chi connectivity index (χ3n) is 5.10. The number of Topliss-reactive ketones (excluding diaryl/α,β-unsaturated/α-hetero) is 1. The summed E-state index contributed by atoms with van der Waals surface area (Å²) in [5.41, 5.74) is 5.79. The van der Waals surface area contributed by atoms with Crippen LogP contribution in [-0.4, -0.2) is 33.4 Å². The highest BCUT2D eigenvalue weighted by Crippen LogP contribution is 2.13. The normalized spacial score (nSPS) is 11.2. The third kappa shape index (κ3) is 4.83. The predicted molar refractivity (Wildman–Crippen MR) is 118 cm³/mol. The number of carbonyl (C=O) groups is 1. The molecule has 0 saturated carbocycles. The van der Waals surface area contributed by atoms with Crippen molar-refractivity contribution in [3.8, 4) is 0 Å². The molecule has 1 aromatic heterocycles. The van der Waals surface area contributed by atoms with E-state index >= 15 is 0 Å². The first-order valence-corrected chi connectivity index (χ1v) is 10.1. The molecule has 0 atom stereocenters. The summed E-state index contributed by atoms with van der Waals surface area (Å²) in [6, 6.07) is 12.6. The summed E-state index contributed by atoms with van der Waals surface area (Å²) in [5, 5.41) is 0. The number of hydrogen-bond acceptors (Lipinski definition) is 5. The summed E-state index contributed by atoms with van der Waals surface area (Å²) in [4.78, 5) is 40.2. The number of hydrogen-bond donors (Lipinski definition) is 1. The zero-order chi connectivity index (χ0) is 23.4. The van der Waals surface area contributed by atoms with Gasteiger partial charge in [-0.15, -0.1) is 0 Å². The molecule has 32 heavy (non-hydrogen) atoms. The van der Waals surface area contributed by atoms with Crippen LogP contribution in [0.5, 0.6) is 0 Å². The van der Waals surface area contributed by atoms with Crippen molar-refractivity contribution in [1.82, 2.24) is 14.0 Å². The SMILES string of the molecule is CCn1c(=O)c(C(=O)CN(C)Cc2ccc(F)c(F)c2)c(N)n(Cc2ccccc2)c1=O. The molecule has 0 spiro atoms. The van der Waals surface area contributed by atoms with Gasteiger partial charge in [0.25, 0.3) is 5.56 Å². The van der Waals surface area contributed by atoms with Crippen LogP contribution in [0.4, 0.5) is 14.6 Å². The van der Waals surface area contributed by atoms with Crippen LogP contribution in [0.2, 0.25) is 0 Å². The van der Waals surface area contributed by atoms with E-state index in [4.69, 9.17) is 5.73 Å². The van der Waals surface area contributed by atoms with Gasteiger partial charge in [-0.05, 0) is 37.2 Å². The van der Waals surface area contributed by atoms with E-state index < -0.39 is 28.7 Å². The van der Waals surface area contributed by atoms with E-state index in [1.54, 1.807) is 18.9 Å². The predicted octanol–water partition coefficient (Wildman–Crippen LogP) is 2.25. The molecule has 3 rings (SSSR count). The molecule has 0 aliphatic rings. The number of likely N-dealkylation sites (N-methyl/N-ethyl adjacent to an activating group) is 1. The Bertz CT molecular complexity index is 1250. The Morgan fingerprint density at radius 2 is 1.69 bits per heavy atom. The minimum Gasteiger partial charge on any atom is -0.384 e. The highest BCUT2D eigenvalue weighted by atomic mass is 19.2. The molecular weight excluding hydrogens is 418 g/mol. The van der Waals surface area contributed by atoms with Crippen molar-refractivity contribution in [2.45, 2.75) is 26.6 Å². The summed E-state index contributed by atoms with van der Waals surface area (Å²) < 4.78 is 28.8. The van der Waals surface area contributed by atoms with E-state index in [2.05, 4.69) is 0 Å². The number of nitrogens with zero attached hydrogens (tertiary/aromatic N) is 3. The standard InChI is InChI=1S/C23H24F2N4O3/c1-3-28-22(31)20(21(26)29(23(28)32)13-15-7-5-4-6-8-15)19(30)14-27(2)12-16-9-10-17(24)18(25)11-16/h4-11H,3,12-14,26H2,1-2H3. The van der Waals surface area contributed by atoms with E-state index in [0.29, 0.717) is 5.56 Å². The Morgan fingerprint density at radius 1 is 1.00 bits per heavy atom. The molecular formula is C23H24F2N4O3. The Kier molecular flexibility index (Phi) is 6.99. The van der Waals surface area contributed by atoms with Crippen LogP contribution >= 0.6 is 0 Å². The molecule has 0 amide bonds. The number of nitrogens with two attached hydrogens (primary N) is 1. The Hall–Kier alpha value is -3.59. The fourth-order valence-corrected chi connectivity index (χ4v) is 3.50. The van der Waals surface area contributed by atoms with Crippen molar-refractivity contribution in [3.63, 3.8) is 0 Å².